The number of fused-ring (bicyclic) bond motifs is 6. The van der Waals surface area contributed by atoms with Crippen molar-refractivity contribution in [2.45, 2.75) is 48.9 Å². The van der Waals surface area contributed by atoms with Gasteiger partial charge in [0.05, 0.1) is 5.03 Å². The molecule has 1 N–H and O–H groups in total. The van der Waals surface area contributed by atoms with Crippen LogP contribution in [-0.2, 0) is 11.3 Å². The second kappa shape index (κ2) is 8.33. The fourth-order valence-corrected chi connectivity index (χ4v) is 9.47. The molecule has 1 aliphatic heterocycles. The van der Waals surface area contributed by atoms with Crippen molar-refractivity contribution in [1.82, 2.24) is 4.57 Å². The summed E-state index contributed by atoms with van der Waals surface area (Å²) < 4.78 is 1.71. The van der Waals surface area contributed by atoms with Gasteiger partial charge in [-0.25, -0.2) is 0 Å². The Labute approximate surface area is 206 Å². The summed E-state index contributed by atoms with van der Waals surface area (Å²) in [5.74, 6) is 2.02. The zero-order valence-corrected chi connectivity index (χ0v) is 20.7. The van der Waals surface area contributed by atoms with Gasteiger partial charge in [0.1, 0.15) is 6.54 Å². The molecule has 2 heterocycles. The van der Waals surface area contributed by atoms with Crippen LogP contribution in [-0.4, -0.2) is 15.7 Å². The maximum Gasteiger partial charge on any atom is 0.308 e. The molecule has 6 rings (SSSR count). The van der Waals surface area contributed by atoms with Crippen molar-refractivity contribution >= 4 is 46.3 Å². The number of carbonyl (C=O) groups excluding carboxylic acids is 1. The zero-order valence-electron chi connectivity index (χ0n) is 18.3. The molecule has 3 aliphatic rings. The summed E-state index contributed by atoms with van der Waals surface area (Å²) in [7, 11) is 0. The number of hydrogen-bond donors (Lipinski definition) is 1. The molecule has 3 aromatic rings. The number of aryl methyl sites for hydroxylation is 1. The molecule has 7 heteroatoms. The number of anilines is 1. The first-order valence-electron chi connectivity index (χ1n) is 11.5. The van der Waals surface area contributed by atoms with Gasteiger partial charge in [0.25, 0.3) is 0 Å². The van der Waals surface area contributed by atoms with E-state index in [2.05, 4.69) is 17.4 Å². The van der Waals surface area contributed by atoms with Crippen LogP contribution >= 0.6 is 34.7 Å². The molecule has 1 amide bonds. The molecule has 0 unspecified atom stereocenters. The van der Waals surface area contributed by atoms with Crippen molar-refractivity contribution in [2.75, 3.05) is 5.32 Å². The molecule has 2 saturated carbocycles. The molecule has 0 saturated heterocycles. The molecule has 5 atom stereocenters. The highest BCUT2D eigenvalue weighted by Crippen LogP contribution is 2.64. The van der Waals surface area contributed by atoms with E-state index in [1.165, 1.54) is 36.2 Å². The lowest BCUT2D eigenvalue weighted by Crippen LogP contribution is -2.34. The molecule has 2 aliphatic carbocycles. The highest BCUT2D eigenvalue weighted by Gasteiger charge is 2.55. The van der Waals surface area contributed by atoms with E-state index in [4.69, 9.17) is 11.6 Å². The lowest BCUT2D eigenvalue weighted by molar-refractivity contribution is -0.116. The van der Waals surface area contributed by atoms with Crippen LogP contribution in [0.2, 0.25) is 5.02 Å². The largest absolute Gasteiger partial charge is 0.325 e. The third-order valence-electron chi connectivity index (χ3n) is 7.52. The number of benzene rings is 2. The normalized spacial score (nSPS) is 27.3. The Kier molecular flexibility index (Phi) is 5.43. The summed E-state index contributed by atoms with van der Waals surface area (Å²) in [5, 5.41) is 5.20. The Bertz CT molecular complexity index is 1280. The van der Waals surface area contributed by atoms with Crippen LogP contribution in [0.5, 0.6) is 0 Å². The van der Waals surface area contributed by atoms with Crippen LogP contribution in [0.1, 0.15) is 41.2 Å². The van der Waals surface area contributed by atoms with Gasteiger partial charge < -0.3 is 5.32 Å². The Balaban J connectivity index is 1.37. The second-order valence-electron chi connectivity index (χ2n) is 9.56. The molecule has 0 radical (unpaired) electrons. The average molecular weight is 497 g/mol. The fraction of sp³-hybridized carbons (Fsp3) is 0.385. The number of aromatic nitrogens is 1. The van der Waals surface area contributed by atoms with Crippen molar-refractivity contribution < 1.29 is 4.79 Å². The van der Waals surface area contributed by atoms with Crippen molar-refractivity contribution in [3.63, 3.8) is 0 Å². The minimum absolute atomic E-state index is 0.0434. The van der Waals surface area contributed by atoms with Crippen molar-refractivity contribution in [2.24, 2.45) is 17.8 Å². The third-order valence-corrected chi connectivity index (χ3v) is 10.6. The Morgan fingerprint density at radius 1 is 1.15 bits per heavy atom. The minimum Gasteiger partial charge on any atom is -0.325 e. The molecular formula is C26H25ClN2O2S2. The van der Waals surface area contributed by atoms with Gasteiger partial charge in [-0.3, -0.25) is 14.2 Å². The predicted molar refractivity (Wildman–Crippen MR) is 136 cm³/mol. The number of carbonyl (C=O) groups is 1. The number of halogens is 1. The molecular weight excluding hydrogens is 472 g/mol. The standard InChI is InChI=1S/C26H25ClN2O2S2/c1-14-3-2-4-19(11-14)28-20(30)13-29-25-24(33-26(29)31)21(15-7-9-18(27)10-8-15)22-16-5-6-17(12-16)23(22)32-25/h2-4,7-11,16-17,21-23H,5-6,12-13H2,1H3,(H,28,30)/t16-,17-,21-,22+,23+/m0/s1. The molecule has 0 spiro atoms. The highest BCUT2D eigenvalue weighted by atomic mass is 35.5. The number of nitrogens with zero attached hydrogens (tertiary/aromatic N) is 1. The molecule has 170 valence electrons. The predicted octanol–water partition coefficient (Wildman–Crippen LogP) is 6.16. The van der Waals surface area contributed by atoms with Gasteiger partial charge in [0, 0.05) is 26.8 Å². The van der Waals surface area contributed by atoms with E-state index in [0.717, 1.165) is 32.1 Å². The summed E-state index contributed by atoms with van der Waals surface area (Å²) >= 11 is 9.37. The van der Waals surface area contributed by atoms with Gasteiger partial charge in [0.15, 0.2) is 0 Å². The quantitative estimate of drug-likeness (QED) is 0.470. The lowest BCUT2D eigenvalue weighted by Gasteiger charge is -2.40. The fourth-order valence-electron chi connectivity index (χ4n) is 6.20. The number of amides is 1. The van der Waals surface area contributed by atoms with E-state index in [-0.39, 0.29) is 23.2 Å². The number of nitrogens with one attached hydrogen (secondary N) is 1. The number of rotatable bonds is 4. The molecule has 4 nitrogen and oxygen atoms in total. The van der Waals surface area contributed by atoms with Gasteiger partial charge in [-0.2, -0.15) is 0 Å². The van der Waals surface area contributed by atoms with E-state index >= 15 is 0 Å². The van der Waals surface area contributed by atoms with Crippen molar-refractivity contribution in [3.8, 4) is 0 Å². The minimum atomic E-state index is -0.165. The van der Waals surface area contributed by atoms with Crippen LogP contribution in [0.15, 0.2) is 58.4 Å². The summed E-state index contributed by atoms with van der Waals surface area (Å²) in [6, 6.07) is 15.9. The van der Waals surface area contributed by atoms with E-state index < -0.39 is 0 Å². The highest BCUT2D eigenvalue weighted by molar-refractivity contribution is 8.00. The van der Waals surface area contributed by atoms with E-state index in [9.17, 15) is 9.59 Å². The first-order chi connectivity index (χ1) is 16.0. The van der Waals surface area contributed by atoms with E-state index in [1.54, 1.807) is 4.57 Å². The van der Waals surface area contributed by atoms with E-state index in [0.29, 0.717) is 17.1 Å². The van der Waals surface area contributed by atoms with Crippen molar-refractivity contribution in [1.29, 1.82) is 0 Å². The maximum absolute atomic E-state index is 13.1. The van der Waals surface area contributed by atoms with Gasteiger partial charge in [-0.15, -0.1) is 11.8 Å². The molecule has 2 fully saturated rings. The Morgan fingerprint density at radius 2 is 1.94 bits per heavy atom. The molecule has 2 aromatic carbocycles. The van der Waals surface area contributed by atoms with Gasteiger partial charge in [0.2, 0.25) is 5.91 Å². The van der Waals surface area contributed by atoms with Crippen LogP contribution < -0.4 is 10.2 Å². The van der Waals surface area contributed by atoms with Crippen LogP contribution in [0.25, 0.3) is 0 Å². The first kappa shape index (κ1) is 21.5. The summed E-state index contributed by atoms with van der Waals surface area (Å²) in [6.45, 7) is 2.04. The molecule has 1 aromatic heterocycles. The average Bonchev–Trinajstić information content (AvgIpc) is 3.48. The topological polar surface area (TPSA) is 51.1 Å². The first-order valence-corrected chi connectivity index (χ1v) is 13.6. The van der Waals surface area contributed by atoms with Crippen LogP contribution in [0.4, 0.5) is 5.69 Å². The van der Waals surface area contributed by atoms with E-state index in [1.807, 2.05) is 55.1 Å². The SMILES string of the molecule is Cc1cccc(NC(=O)Cn2c3c(sc2=O)[C@@H](c2ccc(Cl)cc2)[C@H]2[C@H]4CC[C@@H](C4)[C@H]2S3)c1. The summed E-state index contributed by atoms with van der Waals surface area (Å²) in [4.78, 5) is 27.1. The Morgan fingerprint density at radius 3 is 2.73 bits per heavy atom. The van der Waals surface area contributed by atoms with Gasteiger partial charge in [-0.1, -0.05) is 47.2 Å². The van der Waals surface area contributed by atoms with Crippen LogP contribution in [0, 0.1) is 24.7 Å². The van der Waals surface area contributed by atoms with Crippen LogP contribution in [0.3, 0.4) is 0 Å². The molecule has 2 bridgehead atoms. The third kappa shape index (κ3) is 3.76. The number of thiazole rings is 1. The smallest absolute Gasteiger partial charge is 0.308 e. The maximum atomic E-state index is 13.1. The second-order valence-corrected chi connectivity index (χ2v) is 12.2. The summed E-state index contributed by atoms with van der Waals surface area (Å²) in [5.41, 5.74) is 3.08. The number of thioether (sulfide) groups is 1. The lowest BCUT2D eigenvalue weighted by atomic mass is 9.75. The monoisotopic (exact) mass is 496 g/mol. The van der Waals surface area contributed by atoms with Crippen molar-refractivity contribution in [3.05, 3.63) is 79.2 Å². The number of hydrogen-bond acceptors (Lipinski definition) is 4. The zero-order chi connectivity index (χ0) is 22.7. The van der Waals surface area contributed by atoms with Gasteiger partial charge in [-0.05, 0) is 79.3 Å². The Hall–Kier alpha value is -2.02. The summed E-state index contributed by atoms with van der Waals surface area (Å²) in [6.07, 6.45) is 3.86. The van der Waals surface area contributed by atoms with Gasteiger partial charge >= 0.3 is 4.87 Å². The molecule has 33 heavy (non-hydrogen) atoms.